The summed E-state index contributed by atoms with van der Waals surface area (Å²) in [6.07, 6.45) is 0. The van der Waals surface area contributed by atoms with E-state index in [-0.39, 0.29) is 12.5 Å². The van der Waals surface area contributed by atoms with E-state index in [1.54, 1.807) is 32.4 Å². The zero-order valence-electron chi connectivity index (χ0n) is 18.3. The van der Waals surface area contributed by atoms with E-state index >= 15 is 0 Å². The Bertz CT molecular complexity index is 1270. The van der Waals surface area contributed by atoms with Crippen LogP contribution in [0.2, 0.25) is 0 Å². The Kier molecular flexibility index (Phi) is 6.26. The lowest BCUT2D eigenvalue weighted by atomic mass is 10.1. The van der Waals surface area contributed by atoms with Crippen molar-refractivity contribution in [2.45, 2.75) is 13.5 Å². The molecule has 4 aromatic rings. The molecule has 0 radical (unpaired) electrons. The maximum Gasteiger partial charge on any atom is 0.255 e. The van der Waals surface area contributed by atoms with Crippen LogP contribution in [0, 0.1) is 6.92 Å². The third-order valence-corrected chi connectivity index (χ3v) is 5.26. The fourth-order valence-corrected chi connectivity index (χ4v) is 3.56. The van der Waals surface area contributed by atoms with Crippen LogP contribution in [-0.2, 0) is 6.61 Å². The first kappa shape index (κ1) is 21.2. The van der Waals surface area contributed by atoms with Gasteiger partial charge >= 0.3 is 0 Å². The van der Waals surface area contributed by atoms with Crippen LogP contribution in [0.5, 0.6) is 17.2 Å². The van der Waals surface area contributed by atoms with E-state index < -0.39 is 0 Å². The molecule has 1 N–H and O–H groups in total. The van der Waals surface area contributed by atoms with Gasteiger partial charge < -0.3 is 19.5 Å². The van der Waals surface area contributed by atoms with Crippen molar-refractivity contribution in [2.75, 3.05) is 19.5 Å². The number of carbonyl (C=O) groups is 1. The molecule has 5 nitrogen and oxygen atoms in total. The van der Waals surface area contributed by atoms with E-state index in [0.29, 0.717) is 22.7 Å². The van der Waals surface area contributed by atoms with Crippen molar-refractivity contribution in [2.24, 2.45) is 0 Å². The van der Waals surface area contributed by atoms with Crippen molar-refractivity contribution in [1.82, 2.24) is 0 Å². The maximum absolute atomic E-state index is 12.9. The standard InChI is InChI=1S/C27H25NO4/c1-18-8-12-26(31-3)24(14-18)28-27(29)21-10-13-25(30-2)22(15-21)17-32-23-11-9-19-6-4-5-7-20(19)16-23/h4-16H,17H2,1-3H3,(H,28,29). The predicted molar refractivity (Wildman–Crippen MR) is 127 cm³/mol. The summed E-state index contributed by atoms with van der Waals surface area (Å²) in [6.45, 7) is 2.24. The average molecular weight is 428 g/mol. The van der Waals surface area contributed by atoms with Crippen LogP contribution in [0.4, 0.5) is 5.69 Å². The highest BCUT2D eigenvalue weighted by Crippen LogP contribution is 2.28. The van der Waals surface area contributed by atoms with E-state index in [1.807, 2.05) is 61.5 Å². The molecule has 0 aliphatic rings. The van der Waals surface area contributed by atoms with Crippen molar-refractivity contribution in [3.63, 3.8) is 0 Å². The first-order valence-corrected chi connectivity index (χ1v) is 10.3. The summed E-state index contributed by atoms with van der Waals surface area (Å²) >= 11 is 0. The van der Waals surface area contributed by atoms with Crippen LogP contribution in [0.3, 0.4) is 0 Å². The Morgan fingerprint density at radius 1 is 0.812 bits per heavy atom. The number of fused-ring (bicyclic) bond motifs is 1. The molecule has 0 heterocycles. The normalized spacial score (nSPS) is 10.6. The van der Waals surface area contributed by atoms with Gasteiger partial charge in [0.25, 0.3) is 5.91 Å². The molecule has 1 amide bonds. The smallest absolute Gasteiger partial charge is 0.255 e. The largest absolute Gasteiger partial charge is 0.496 e. The first-order chi connectivity index (χ1) is 15.6. The minimum atomic E-state index is -0.233. The molecule has 0 aromatic heterocycles. The number of rotatable bonds is 7. The fraction of sp³-hybridized carbons (Fsp3) is 0.148. The van der Waals surface area contributed by atoms with Gasteiger partial charge in [0, 0.05) is 11.1 Å². The zero-order chi connectivity index (χ0) is 22.5. The van der Waals surface area contributed by atoms with Crippen molar-refractivity contribution < 1.29 is 19.0 Å². The quantitative estimate of drug-likeness (QED) is 0.393. The number of nitrogens with one attached hydrogen (secondary N) is 1. The van der Waals surface area contributed by atoms with E-state index in [9.17, 15) is 4.79 Å². The van der Waals surface area contributed by atoms with Crippen LogP contribution in [0.1, 0.15) is 21.5 Å². The summed E-state index contributed by atoms with van der Waals surface area (Å²) in [6, 6.07) is 25.0. The number of amides is 1. The van der Waals surface area contributed by atoms with E-state index in [1.165, 1.54) is 0 Å². The number of methoxy groups -OCH3 is 2. The summed E-state index contributed by atoms with van der Waals surface area (Å²) in [7, 11) is 3.18. The lowest BCUT2D eigenvalue weighted by molar-refractivity contribution is 0.102. The van der Waals surface area contributed by atoms with Crippen molar-refractivity contribution in [1.29, 1.82) is 0 Å². The fourth-order valence-electron chi connectivity index (χ4n) is 3.56. The van der Waals surface area contributed by atoms with Crippen LogP contribution in [-0.4, -0.2) is 20.1 Å². The second-order valence-corrected chi connectivity index (χ2v) is 7.48. The summed E-state index contributed by atoms with van der Waals surface area (Å²) < 4.78 is 16.9. The molecule has 0 fully saturated rings. The second kappa shape index (κ2) is 9.43. The molecule has 4 rings (SSSR count). The Hall–Kier alpha value is -3.99. The Morgan fingerprint density at radius 2 is 1.56 bits per heavy atom. The molecule has 5 heteroatoms. The van der Waals surface area contributed by atoms with Crippen LogP contribution in [0.25, 0.3) is 10.8 Å². The number of carbonyl (C=O) groups excluding carboxylic acids is 1. The second-order valence-electron chi connectivity index (χ2n) is 7.48. The van der Waals surface area contributed by atoms with E-state index in [4.69, 9.17) is 14.2 Å². The highest BCUT2D eigenvalue weighted by molar-refractivity contribution is 6.05. The minimum Gasteiger partial charge on any atom is -0.496 e. The van der Waals surface area contributed by atoms with Crippen molar-refractivity contribution in [3.05, 3.63) is 95.6 Å². The lowest BCUT2D eigenvalue weighted by Gasteiger charge is -2.14. The van der Waals surface area contributed by atoms with Crippen LogP contribution in [0.15, 0.2) is 78.9 Å². The van der Waals surface area contributed by atoms with E-state index in [2.05, 4.69) is 11.4 Å². The minimum absolute atomic E-state index is 0.233. The number of benzene rings is 4. The highest BCUT2D eigenvalue weighted by atomic mass is 16.5. The van der Waals surface area contributed by atoms with Gasteiger partial charge in [-0.15, -0.1) is 0 Å². The van der Waals surface area contributed by atoms with Gasteiger partial charge in [0.05, 0.1) is 19.9 Å². The molecular weight excluding hydrogens is 402 g/mol. The zero-order valence-corrected chi connectivity index (χ0v) is 18.3. The van der Waals surface area contributed by atoms with Gasteiger partial charge in [0.1, 0.15) is 23.9 Å². The molecule has 32 heavy (non-hydrogen) atoms. The molecule has 0 saturated heterocycles. The molecular formula is C27H25NO4. The van der Waals surface area contributed by atoms with Crippen molar-refractivity contribution in [3.8, 4) is 17.2 Å². The number of anilines is 1. The third kappa shape index (κ3) is 4.67. The maximum atomic E-state index is 12.9. The number of hydrogen-bond acceptors (Lipinski definition) is 4. The van der Waals surface area contributed by atoms with Gasteiger partial charge in [0.2, 0.25) is 0 Å². The molecule has 0 unspecified atom stereocenters. The van der Waals surface area contributed by atoms with Crippen LogP contribution >= 0.6 is 0 Å². The van der Waals surface area contributed by atoms with Gasteiger partial charge in [-0.05, 0) is 65.7 Å². The number of hydrogen-bond donors (Lipinski definition) is 1. The molecule has 0 spiro atoms. The summed E-state index contributed by atoms with van der Waals surface area (Å²) in [4.78, 5) is 12.9. The summed E-state index contributed by atoms with van der Waals surface area (Å²) in [5, 5.41) is 5.20. The Morgan fingerprint density at radius 3 is 2.34 bits per heavy atom. The molecule has 0 aliphatic carbocycles. The molecule has 0 bridgehead atoms. The first-order valence-electron chi connectivity index (χ1n) is 10.3. The molecule has 0 atom stereocenters. The number of ether oxygens (including phenoxy) is 3. The Labute approximate surface area is 187 Å². The number of aryl methyl sites for hydroxylation is 1. The average Bonchev–Trinajstić information content (AvgIpc) is 2.82. The van der Waals surface area contributed by atoms with Crippen molar-refractivity contribution >= 4 is 22.4 Å². The lowest BCUT2D eigenvalue weighted by Crippen LogP contribution is -2.13. The molecule has 162 valence electrons. The Balaban J connectivity index is 1.54. The topological polar surface area (TPSA) is 56.8 Å². The summed E-state index contributed by atoms with van der Waals surface area (Å²) in [5.74, 6) is 1.79. The van der Waals surface area contributed by atoms with Gasteiger partial charge in [-0.2, -0.15) is 0 Å². The van der Waals surface area contributed by atoms with Crippen LogP contribution < -0.4 is 19.5 Å². The molecule has 4 aromatic carbocycles. The predicted octanol–water partition coefficient (Wildman–Crippen LogP) is 6.00. The van der Waals surface area contributed by atoms with E-state index in [0.717, 1.165) is 27.6 Å². The molecule has 0 saturated carbocycles. The summed E-state index contributed by atoms with van der Waals surface area (Å²) in [5.41, 5.74) is 2.94. The van der Waals surface area contributed by atoms with Gasteiger partial charge in [-0.3, -0.25) is 4.79 Å². The molecule has 0 aliphatic heterocycles. The van der Waals surface area contributed by atoms with Gasteiger partial charge in [-0.25, -0.2) is 0 Å². The SMILES string of the molecule is COc1ccc(C(=O)Nc2cc(C)ccc2OC)cc1COc1ccc2ccccc2c1. The van der Waals surface area contributed by atoms with Gasteiger partial charge in [-0.1, -0.05) is 36.4 Å². The highest BCUT2D eigenvalue weighted by Gasteiger charge is 2.14. The van der Waals surface area contributed by atoms with Gasteiger partial charge in [0.15, 0.2) is 0 Å². The monoisotopic (exact) mass is 427 g/mol. The third-order valence-electron chi connectivity index (χ3n) is 5.26.